The minimum atomic E-state index is 0.128. The smallest absolute Gasteiger partial charge is 0.162 e. The van der Waals surface area contributed by atoms with Crippen molar-refractivity contribution in [3.63, 3.8) is 0 Å². The van der Waals surface area contributed by atoms with Crippen LogP contribution in [0.15, 0.2) is 12.1 Å². The van der Waals surface area contributed by atoms with E-state index in [4.69, 9.17) is 21.1 Å². The normalized spacial score (nSPS) is 12.7. The number of nitrogens with one attached hydrogen (secondary N) is 1. The molecule has 0 aliphatic rings. The van der Waals surface area contributed by atoms with Gasteiger partial charge >= 0.3 is 0 Å². The van der Waals surface area contributed by atoms with E-state index in [9.17, 15) is 5.11 Å². The number of ether oxygens (including phenoxy) is 2. The maximum Gasteiger partial charge on any atom is 0.162 e. The van der Waals surface area contributed by atoms with E-state index in [0.29, 0.717) is 36.4 Å². The van der Waals surface area contributed by atoms with Crippen LogP contribution in [0.3, 0.4) is 0 Å². The minimum Gasteiger partial charge on any atom is -0.504 e. The zero-order valence-electron chi connectivity index (χ0n) is 12.6. The van der Waals surface area contributed by atoms with Crippen molar-refractivity contribution in [2.45, 2.75) is 33.4 Å². The van der Waals surface area contributed by atoms with Gasteiger partial charge in [-0.1, -0.05) is 25.4 Å². The number of hydrogen-bond acceptors (Lipinski definition) is 4. The molecule has 0 bridgehead atoms. The van der Waals surface area contributed by atoms with Crippen molar-refractivity contribution in [1.82, 2.24) is 5.32 Å². The Bertz CT molecular complexity index is 424. The molecular weight excluding hydrogens is 278 g/mol. The second-order valence-electron chi connectivity index (χ2n) is 5.01. The molecule has 0 aromatic heterocycles. The van der Waals surface area contributed by atoms with Gasteiger partial charge in [0.2, 0.25) is 0 Å². The van der Waals surface area contributed by atoms with Gasteiger partial charge in [-0.2, -0.15) is 0 Å². The predicted octanol–water partition coefficient (Wildman–Crippen LogP) is 3.20. The molecule has 0 saturated carbocycles. The molecule has 1 aromatic rings. The lowest BCUT2D eigenvalue weighted by Gasteiger charge is -2.22. The lowest BCUT2D eigenvalue weighted by Crippen LogP contribution is -2.37. The highest BCUT2D eigenvalue weighted by molar-refractivity contribution is 6.30. The van der Waals surface area contributed by atoms with Gasteiger partial charge in [0, 0.05) is 35.8 Å². The number of phenols is 1. The average Bonchev–Trinajstić information content (AvgIpc) is 2.41. The van der Waals surface area contributed by atoms with E-state index >= 15 is 0 Å². The fourth-order valence-corrected chi connectivity index (χ4v) is 2.12. The van der Waals surface area contributed by atoms with E-state index in [0.717, 1.165) is 5.56 Å². The maximum atomic E-state index is 10.1. The van der Waals surface area contributed by atoms with Gasteiger partial charge in [-0.3, -0.25) is 0 Å². The van der Waals surface area contributed by atoms with Crippen LogP contribution >= 0.6 is 11.6 Å². The zero-order valence-corrected chi connectivity index (χ0v) is 13.3. The van der Waals surface area contributed by atoms with Gasteiger partial charge in [0.05, 0.1) is 13.7 Å². The number of rotatable bonds is 8. The van der Waals surface area contributed by atoms with Gasteiger partial charge in [0.1, 0.15) is 0 Å². The van der Waals surface area contributed by atoms with Crippen LogP contribution in [-0.2, 0) is 11.3 Å². The van der Waals surface area contributed by atoms with E-state index in [2.05, 4.69) is 19.2 Å². The Morgan fingerprint density at radius 3 is 2.60 bits per heavy atom. The van der Waals surface area contributed by atoms with Crippen LogP contribution in [0.25, 0.3) is 0 Å². The first-order chi connectivity index (χ1) is 9.49. The van der Waals surface area contributed by atoms with Gasteiger partial charge < -0.3 is 19.9 Å². The van der Waals surface area contributed by atoms with E-state index < -0.39 is 0 Å². The van der Waals surface area contributed by atoms with Crippen molar-refractivity contribution >= 4 is 11.6 Å². The summed E-state index contributed by atoms with van der Waals surface area (Å²) < 4.78 is 10.6. The lowest BCUT2D eigenvalue weighted by molar-refractivity contribution is 0.107. The van der Waals surface area contributed by atoms with E-state index in [1.807, 2.05) is 6.92 Å². The monoisotopic (exact) mass is 301 g/mol. The molecule has 1 rings (SSSR count). The second-order valence-corrected chi connectivity index (χ2v) is 5.44. The van der Waals surface area contributed by atoms with Crippen LogP contribution in [0.1, 0.15) is 26.3 Å². The summed E-state index contributed by atoms with van der Waals surface area (Å²) in [6.45, 7) is 8.10. The van der Waals surface area contributed by atoms with E-state index in [-0.39, 0.29) is 11.8 Å². The molecule has 0 heterocycles. The highest BCUT2D eigenvalue weighted by atomic mass is 35.5. The molecule has 0 aliphatic heterocycles. The number of aromatic hydroxyl groups is 1. The third-order valence-electron chi connectivity index (χ3n) is 3.20. The number of methoxy groups -OCH3 is 1. The van der Waals surface area contributed by atoms with Gasteiger partial charge in [0.15, 0.2) is 11.5 Å². The Labute approximate surface area is 126 Å². The Hall–Kier alpha value is -0.970. The van der Waals surface area contributed by atoms with Crippen molar-refractivity contribution < 1.29 is 14.6 Å². The molecule has 0 saturated heterocycles. The molecule has 0 fully saturated rings. The molecule has 114 valence electrons. The lowest BCUT2D eigenvalue weighted by atomic mass is 10.0. The first-order valence-corrected chi connectivity index (χ1v) is 7.23. The highest BCUT2D eigenvalue weighted by Crippen LogP contribution is 2.33. The van der Waals surface area contributed by atoms with Crippen LogP contribution in [0.4, 0.5) is 0 Å². The van der Waals surface area contributed by atoms with Crippen molar-refractivity contribution in [2.24, 2.45) is 5.92 Å². The van der Waals surface area contributed by atoms with Crippen LogP contribution in [-0.4, -0.2) is 31.5 Å². The molecule has 0 aliphatic carbocycles. The molecule has 2 N–H and O–H groups in total. The number of phenolic OH excluding ortho intramolecular Hbond substituents is 1. The largest absolute Gasteiger partial charge is 0.504 e. The molecule has 0 radical (unpaired) electrons. The van der Waals surface area contributed by atoms with Crippen molar-refractivity contribution in [2.75, 3.05) is 20.3 Å². The fraction of sp³-hybridized carbons (Fsp3) is 0.600. The summed E-state index contributed by atoms with van der Waals surface area (Å²) in [5.74, 6) is 0.952. The topological polar surface area (TPSA) is 50.7 Å². The molecular formula is C15H24ClNO3. The number of benzene rings is 1. The first kappa shape index (κ1) is 17.1. The van der Waals surface area contributed by atoms with Gasteiger partial charge in [-0.25, -0.2) is 0 Å². The number of halogens is 1. The van der Waals surface area contributed by atoms with Crippen LogP contribution in [0.2, 0.25) is 5.02 Å². The molecule has 1 atom stereocenters. The zero-order chi connectivity index (χ0) is 15.1. The predicted molar refractivity (Wildman–Crippen MR) is 81.6 cm³/mol. The molecule has 20 heavy (non-hydrogen) atoms. The standard InChI is InChI=1S/C15H24ClNO3/c1-5-20-9-13(10(2)3)17-8-11-6-12(16)7-14(19-4)15(11)18/h6-7,10,13,17-18H,5,8-9H2,1-4H3. The molecule has 0 spiro atoms. The second kappa shape index (κ2) is 8.35. The minimum absolute atomic E-state index is 0.128. The van der Waals surface area contributed by atoms with Crippen molar-refractivity contribution in [1.29, 1.82) is 0 Å². The summed E-state index contributed by atoms with van der Waals surface area (Å²) in [4.78, 5) is 0. The SMILES string of the molecule is CCOCC(NCc1cc(Cl)cc(OC)c1O)C(C)C. The maximum absolute atomic E-state index is 10.1. The summed E-state index contributed by atoms with van der Waals surface area (Å²) in [5, 5.41) is 14.0. The van der Waals surface area contributed by atoms with E-state index in [1.54, 1.807) is 12.1 Å². The Balaban J connectivity index is 2.74. The fourth-order valence-electron chi connectivity index (χ4n) is 1.89. The molecule has 5 heteroatoms. The highest BCUT2D eigenvalue weighted by Gasteiger charge is 2.15. The van der Waals surface area contributed by atoms with Crippen LogP contribution < -0.4 is 10.1 Å². The van der Waals surface area contributed by atoms with Gasteiger partial charge in [-0.15, -0.1) is 0 Å². The Morgan fingerprint density at radius 2 is 2.05 bits per heavy atom. The number of hydrogen-bond donors (Lipinski definition) is 2. The van der Waals surface area contributed by atoms with Crippen LogP contribution in [0.5, 0.6) is 11.5 Å². The summed E-state index contributed by atoms with van der Waals surface area (Å²) in [6, 6.07) is 3.56. The molecule has 0 amide bonds. The summed E-state index contributed by atoms with van der Waals surface area (Å²) in [7, 11) is 1.51. The first-order valence-electron chi connectivity index (χ1n) is 6.86. The van der Waals surface area contributed by atoms with Crippen LogP contribution in [0, 0.1) is 5.92 Å². The van der Waals surface area contributed by atoms with Crippen molar-refractivity contribution in [3.8, 4) is 11.5 Å². The van der Waals surface area contributed by atoms with E-state index in [1.165, 1.54) is 7.11 Å². The quantitative estimate of drug-likeness (QED) is 0.774. The van der Waals surface area contributed by atoms with Crippen molar-refractivity contribution in [3.05, 3.63) is 22.7 Å². The summed E-state index contributed by atoms with van der Waals surface area (Å²) >= 11 is 6.02. The molecule has 1 unspecified atom stereocenters. The summed E-state index contributed by atoms with van der Waals surface area (Å²) in [5.41, 5.74) is 0.719. The van der Waals surface area contributed by atoms with Gasteiger partial charge in [0.25, 0.3) is 0 Å². The Kier molecular flexibility index (Phi) is 7.13. The third-order valence-corrected chi connectivity index (χ3v) is 3.42. The molecule has 4 nitrogen and oxygen atoms in total. The average molecular weight is 302 g/mol. The molecule has 1 aromatic carbocycles. The Morgan fingerprint density at radius 1 is 1.35 bits per heavy atom. The third kappa shape index (κ3) is 4.85. The summed E-state index contributed by atoms with van der Waals surface area (Å²) in [6.07, 6.45) is 0. The van der Waals surface area contributed by atoms with Gasteiger partial charge in [-0.05, 0) is 18.9 Å².